The molecule has 10 heteroatoms. The number of carbonyl (C=O) groups excluding carboxylic acids is 2. The summed E-state index contributed by atoms with van der Waals surface area (Å²) in [4.78, 5) is 36.8. The van der Waals surface area contributed by atoms with Crippen LogP contribution in [0.2, 0.25) is 0 Å². The van der Waals surface area contributed by atoms with Crippen LogP contribution in [0.5, 0.6) is 0 Å². The van der Waals surface area contributed by atoms with Crippen LogP contribution in [0.3, 0.4) is 0 Å². The summed E-state index contributed by atoms with van der Waals surface area (Å²) in [6, 6.07) is 27.9. The summed E-state index contributed by atoms with van der Waals surface area (Å²) >= 11 is 0. The van der Waals surface area contributed by atoms with Crippen molar-refractivity contribution in [2.24, 2.45) is 0 Å². The summed E-state index contributed by atoms with van der Waals surface area (Å²) in [7, 11) is 8.12. The summed E-state index contributed by atoms with van der Waals surface area (Å²) in [5.41, 5.74) is 7.59. The minimum absolute atomic E-state index is 0.124. The second-order valence-corrected chi connectivity index (χ2v) is 13.5. The first-order valence-corrected chi connectivity index (χ1v) is 17.4. The first-order chi connectivity index (χ1) is 24.3. The van der Waals surface area contributed by atoms with Crippen molar-refractivity contribution < 1.29 is 19.1 Å². The van der Waals surface area contributed by atoms with Gasteiger partial charge in [0.2, 0.25) is 0 Å². The Bertz CT molecular complexity index is 1710. The van der Waals surface area contributed by atoms with E-state index in [2.05, 4.69) is 78.8 Å². The number of nitrogens with one attached hydrogen (secondary N) is 2. The molecule has 2 unspecified atom stereocenters. The van der Waals surface area contributed by atoms with Gasteiger partial charge in [-0.05, 0) is 47.5 Å². The molecule has 3 aliphatic rings. The predicted molar refractivity (Wildman–Crippen MR) is 199 cm³/mol. The molecule has 2 N–H and O–H groups in total. The van der Waals surface area contributed by atoms with Gasteiger partial charge >= 0.3 is 0 Å². The van der Waals surface area contributed by atoms with E-state index in [1.807, 2.05) is 52.5 Å². The lowest BCUT2D eigenvalue weighted by Gasteiger charge is -2.27. The SMILES string of the molecule is CN(C)c1ccc(C2OCCN2CCNc2ccc(NCCN3CCOC3c3ccc(N(C)C)cc3)c3c2C(=O)c2ccccc2C3=O)cc1. The lowest BCUT2D eigenvalue weighted by molar-refractivity contribution is 0.0346. The zero-order chi connectivity index (χ0) is 34.8. The normalized spacial score (nSPS) is 19.0. The number of anilines is 4. The van der Waals surface area contributed by atoms with E-state index >= 15 is 0 Å². The van der Waals surface area contributed by atoms with E-state index in [1.54, 1.807) is 12.1 Å². The van der Waals surface area contributed by atoms with E-state index in [-0.39, 0.29) is 24.0 Å². The van der Waals surface area contributed by atoms with Crippen LogP contribution in [0, 0.1) is 0 Å². The third-order valence-electron chi connectivity index (χ3n) is 9.87. The van der Waals surface area contributed by atoms with Crippen molar-refractivity contribution in [3.05, 3.63) is 118 Å². The van der Waals surface area contributed by atoms with E-state index < -0.39 is 0 Å². The van der Waals surface area contributed by atoms with Crippen molar-refractivity contribution in [2.45, 2.75) is 12.5 Å². The van der Waals surface area contributed by atoms with Crippen LogP contribution in [0.4, 0.5) is 22.7 Å². The van der Waals surface area contributed by atoms with Gasteiger partial charge in [-0.25, -0.2) is 0 Å². The molecule has 50 heavy (non-hydrogen) atoms. The quantitative estimate of drug-likeness (QED) is 0.177. The van der Waals surface area contributed by atoms with Gasteiger partial charge in [0, 0.05) is 101 Å². The number of ether oxygens (including phenoxy) is 2. The average Bonchev–Trinajstić information content (AvgIpc) is 3.81. The summed E-state index contributed by atoms with van der Waals surface area (Å²) in [6.45, 7) is 5.55. The van der Waals surface area contributed by atoms with Gasteiger partial charge in [-0.2, -0.15) is 0 Å². The third-order valence-corrected chi connectivity index (χ3v) is 9.87. The number of benzene rings is 4. The maximum atomic E-state index is 14.0. The maximum Gasteiger partial charge on any atom is 0.196 e. The van der Waals surface area contributed by atoms with Gasteiger partial charge in [0.15, 0.2) is 11.6 Å². The van der Waals surface area contributed by atoms with Gasteiger partial charge in [-0.3, -0.25) is 19.4 Å². The van der Waals surface area contributed by atoms with E-state index in [4.69, 9.17) is 9.47 Å². The number of fused-ring (bicyclic) bond motifs is 2. The molecule has 2 aliphatic heterocycles. The van der Waals surface area contributed by atoms with Crippen LogP contribution >= 0.6 is 0 Å². The van der Waals surface area contributed by atoms with Crippen LogP contribution in [0.25, 0.3) is 0 Å². The Balaban J connectivity index is 1.06. The maximum absolute atomic E-state index is 14.0. The number of rotatable bonds is 12. The van der Waals surface area contributed by atoms with E-state index in [0.29, 0.717) is 73.0 Å². The smallest absolute Gasteiger partial charge is 0.196 e. The van der Waals surface area contributed by atoms with Crippen molar-refractivity contribution >= 4 is 34.3 Å². The zero-order valence-corrected chi connectivity index (χ0v) is 29.3. The van der Waals surface area contributed by atoms with Gasteiger partial charge in [0.25, 0.3) is 0 Å². The minimum Gasteiger partial charge on any atom is -0.383 e. The van der Waals surface area contributed by atoms with Crippen molar-refractivity contribution in [3.63, 3.8) is 0 Å². The molecule has 0 amide bonds. The van der Waals surface area contributed by atoms with Gasteiger partial charge in [0.05, 0.1) is 24.3 Å². The van der Waals surface area contributed by atoms with Gasteiger partial charge in [-0.15, -0.1) is 0 Å². The molecule has 10 nitrogen and oxygen atoms in total. The highest BCUT2D eigenvalue weighted by Gasteiger charge is 2.34. The van der Waals surface area contributed by atoms with E-state index in [1.165, 1.54) is 0 Å². The molecular weight excluding hydrogens is 628 g/mol. The third kappa shape index (κ3) is 6.72. The molecule has 2 fully saturated rings. The zero-order valence-electron chi connectivity index (χ0n) is 29.3. The first-order valence-electron chi connectivity index (χ1n) is 17.4. The Kier molecular flexibility index (Phi) is 9.87. The first kappa shape index (κ1) is 33.7. The molecule has 2 saturated heterocycles. The second-order valence-electron chi connectivity index (χ2n) is 13.5. The largest absolute Gasteiger partial charge is 0.383 e. The second kappa shape index (κ2) is 14.6. The molecule has 0 spiro atoms. The summed E-state index contributed by atoms with van der Waals surface area (Å²) in [6.07, 6.45) is -0.247. The summed E-state index contributed by atoms with van der Waals surface area (Å²) < 4.78 is 12.2. The summed E-state index contributed by atoms with van der Waals surface area (Å²) in [5.74, 6) is -0.280. The van der Waals surface area contributed by atoms with Gasteiger partial charge < -0.3 is 29.9 Å². The number of nitrogens with zero attached hydrogens (tertiary/aromatic N) is 4. The fourth-order valence-electron chi connectivity index (χ4n) is 7.14. The lowest BCUT2D eigenvalue weighted by Crippen LogP contribution is -2.31. The Morgan fingerprint density at radius 3 is 1.38 bits per heavy atom. The molecule has 0 radical (unpaired) electrons. The molecule has 0 saturated carbocycles. The fraction of sp³-hybridized carbons (Fsp3) is 0.350. The van der Waals surface area contributed by atoms with Crippen molar-refractivity contribution in [3.8, 4) is 0 Å². The van der Waals surface area contributed by atoms with Crippen LogP contribution in [-0.2, 0) is 9.47 Å². The Labute approximate surface area is 294 Å². The van der Waals surface area contributed by atoms with Crippen LogP contribution in [0.1, 0.15) is 55.4 Å². The van der Waals surface area contributed by atoms with E-state index in [0.717, 1.165) is 35.6 Å². The molecular formula is C40H46N6O4. The fourth-order valence-corrected chi connectivity index (χ4v) is 7.14. The molecule has 2 atom stereocenters. The average molecular weight is 675 g/mol. The predicted octanol–water partition coefficient (Wildman–Crippen LogP) is 5.48. The highest BCUT2D eigenvalue weighted by Crippen LogP contribution is 2.37. The molecule has 4 aromatic rings. The minimum atomic E-state index is -0.140. The molecule has 1 aliphatic carbocycles. The van der Waals surface area contributed by atoms with Crippen LogP contribution in [0.15, 0.2) is 84.9 Å². The Hall–Kier alpha value is -4.74. The Morgan fingerprint density at radius 2 is 1.00 bits per heavy atom. The van der Waals surface area contributed by atoms with Crippen molar-refractivity contribution in [2.75, 3.05) is 101 Å². The van der Waals surface area contributed by atoms with E-state index in [9.17, 15) is 9.59 Å². The van der Waals surface area contributed by atoms with Crippen molar-refractivity contribution in [1.29, 1.82) is 0 Å². The topological polar surface area (TPSA) is 89.6 Å². The molecule has 2 heterocycles. The highest BCUT2D eigenvalue weighted by molar-refractivity contribution is 6.31. The number of hydrogen-bond acceptors (Lipinski definition) is 10. The molecule has 0 bridgehead atoms. The Morgan fingerprint density at radius 1 is 0.600 bits per heavy atom. The molecule has 7 rings (SSSR count). The van der Waals surface area contributed by atoms with Crippen LogP contribution in [-0.4, -0.2) is 102 Å². The molecule has 4 aromatic carbocycles. The van der Waals surface area contributed by atoms with Gasteiger partial charge in [-0.1, -0.05) is 48.5 Å². The van der Waals surface area contributed by atoms with Crippen molar-refractivity contribution in [1.82, 2.24) is 9.80 Å². The molecule has 260 valence electrons. The number of carbonyl (C=O) groups is 2. The monoisotopic (exact) mass is 674 g/mol. The summed E-state index contributed by atoms with van der Waals surface area (Å²) in [5, 5.41) is 7.02. The van der Waals surface area contributed by atoms with Gasteiger partial charge in [0.1, 0.15) is 12.5 Å². The molecule has 0 aromatic heterocycles. The highest BCUT2D eigenvalue weighted by atomic mass is 16.5. The standard InChI is InChI=1S/C40H46N6O4/c1-43(2)29-13-9-27(10-14-29)39-45(23-25-49-39)21-19-41-33-17-18-34(36-35(33)37(47)31-7-5-6-8-32(31)38(36)48)42-20-22-46-24-26-50-40(46)28-11-15-30(16-12-28)44(3)4/h5-18,39-42H,19-26H2,1-4H3. The van der Waals surface area contributed by atoms with Crippen LogP contribution < -0.4 is 20.4 Å². The number of hydrogen-bond donors (Lipinski definition) is 2. The lowest BCUT2D eigenvalue weighted by atomic mass is 9.82. The number of ketones is 2.